The van der Waals surface area contributed by atoms with Gasteiger partial charge < -0.3 is 15.5 Å². The van der Waals surface area contributed by atoms with Crippen molar-refractivity contribution in [3.05, 3.63) is 27.7 Å². The van der Waals surface area contributed by atoms with Crippen molar-refractivity contribution in [2.24, 2.45) is 5.92 Å². The van der Waals surface area contributed by atoms with E-state index in [0.717, 1.165) is 24.8 Å². The summed E-state index contributed by atoms with van der Waals surface area (Å²) in [5.74, 6) is 0.681. The molecule has 0 spiro atoms. The minimum atomic E-state index is -0.181. The minimum Gasteiger partial charge on any atom is -0.394 e. The SMILES string of the molecule is COC1CCC(Cc2c[nH]c(=O)c(N)c2C)CC1. The topological polar surface area (TPSA) is 68.1 Å². The summed E-state index contributed by atoms with van der Waals surface area (Å²) < 4.78 is 5.38. The largest absolute Gasteiger partial charge is 0.394 e. The highest BCUT2D eigenvalue weighted by Gasteiger charge is 2.21. The number of hydrogen-bond acceptors (Lipinski definition) is 3. The Balaban J connectivity index is 2.03. The van der Waals surface area contributed by atoms with E-state index in [1.807, 2.05) is 13.1 Å². The fourth-order valence-corrected chi connectivity index (χ4v) is 2.78. The van der Waals surface area contributed by atoms with Crippen molar-refractivity contribution in [2.45, 2.75) is 45.1 Å². The molecular weight excluding hydrogens is 228 g/mol. The quantitative estimate of drug-likeness (QED) is 0.862. The van der Waals surface area contributed by atoms with Crippen LogP contribution in [0, 0.1) is 12.8 Å². The summed E-state index contributed by atoms with van der Waals surface area (Å²) in [6, 6.07) is 0. The molecule has 0 aliphatic heterocycles. The summed E-state index contributed by atoms with van der Waals surface area (Å²) in [5, 5.41) is 0. The van der Waals surface area contributed by atoms with E-state index in [9.17, 15) is 4.79 Å². The van der Waals surface area contributed by atoms with E-state index in [0.29, 0.717) is 17.7 Å². The molecule has 18 heavy (non-hydrogen) atoms. The number of ether oxygens (including phenoxy) is 1. The molecule has 1 heterocycles. The van der Waals surface area contributed by atoms with Gasteiger partial charge in [0.25, 0.3) is 5.56 Å². The smallest absolute Gasteiger partial charge is 0.271 e. The molecule has 0 radical (unpaired) electrons. The summed E-state index contributed by atoms with van der Waals surface area (Å²) in [7, 11) is 1.79. The number of hydrogen-bond donors (Lipinski definition) is 2. The van der Waals surface area contributed by atoms with Gasteiger partial charge in [-0.05, 0) is 56.1 Å². The molecule has 0 amide bonds. The highest BCUT2D eigenvalue weighted by atomic mass is 16.5. The molecule has 3 N–H and O–H groups in total. The second-order valence-corrected chi connectivity index (χ2v) is 5.26. The van der Waals surface area contributed by atoms with E-state index in [1.54, 1.807) is 7.11 Å². The molecule has 0 bridgehead atoms. The molecule has 4 nitrogen and oxygen atoms in total. The maximum absolute atomic E-state index is 11.4. The standard InChI is InChI=1S/C14H22N2O2/c1-9-11(8-16-14(17)13(9)15)7-10-3-5-12(18-2)6-4-10/h8,10,12H,3-7,15H2,1-2H3,(H,16,17). The molecule has 1 aromatic rings. The molecule has 100 valence electrons. The number of methoxy groups -OCH3 is 1. The van der Waals surface area contributed by atoms with Crippen LogP contribution in [0.3, 0.4) is 0 Å². The van der Waals surface area contributed by atoms with Crippen molar-refractivity contribution in [1.82, 2.24) is 4.98 Å². The lowest BCUT2D eigenvalue weighted by atomic mass is 9.83. The number of aromatic amines is 1. The van der Waals surface area contributed by atoms with Gasteiger partial charge in [0, 0.05) is 13.3 Å². The molecule has 2 rings (SSSR count). The number of pyridine rings is 1. The first kappa shape index (κ1) is 13.1. The van der Waals surface area contributed by atoms with Gasteiger partial charge in [-0.25, -0.2) is 0 Å². The third-order valence-corrected chi connectivity index (χ3v) is 4.14. The molecule has 4 heteroatoms. The molecule has 0 saturated heterocycles. The van der Waals surface area contributed by atoms with E-state index in [2.05, 4.69) is 4.98 Å². The second kappa shape index (κ2) is 5.57. The van der Waals surface area contributed by atoms with Gasteiger partial charge in [-0.15, -0.1) is 0 Å². The van der Waals surface area contributed by atoms with Crippen LogP contribution in [0.2, 0.25) is 0 Å². The molecule has 1 saturated carbocycles. The zero-order valence-electron chi connectivity index (χ0n) is 11.2. The fourth-order valence-electron chi connectivity index (χ4n) is 2.78. The van der Waals surface area contributed by atoms with Crippen LogP contribution in [0.4, 0.5) is 5.69 Å². The van der Waals surface area contributed by atoms with Crippen LogP contribution < -0.4 is 11.3 Å². The highest BCUT2D eigenvalue weighted by molar-refractivity contribution is 5.47. The van der Waals surface area contributed by atoms with Crippen LogP contribution in [0.1, 0.15) is 36.8 Å². The van der Waals surface area contributed by atoms with Crippen molar-refractivity contribution in [3.63, 3.8) is 0 Å². The molecular formula is C14H22N2O2. The summed E-state index contributed by atoms with van der Waals surface area (Å²) in [6.07, 6.45) is 7.91. The van der Waals surface area contributed by atoms with Crippen molar-refractivity contribution in [3.8, 4) is 0 Å². The molecule has 0 atom stereocenters. The Labute approximate surface area is 108 Å². The zero-order valence-corrected chi connectivity index (χ0v) is 11.2. The number of H-pyrrole nitrogens is 1. The van der Waals surface area contributed by atoms with Crippen molar-refractivity contribution in [2.75, 3.05) is 12.8 Å². The minimum absolute atomic E-state index is 0.181. The number of nitrogen functional groups attached to an aromatic ring is 1. The van der Waals surface area contributed by atoms with E-state index < -0.39 is 0 Å². The maximum Gasteiger partial charge on any atom is 0.271 e. The van der Waals surface area contributed by atoms with Crippen molar-refractivity contribution < 1.29 is 4.74 Å². The maximum atomic E-state index is 11.4. The first-order chi connectivity index (χ1) is 8.61. The number of nitrogens with two attached hydrogens (primary N) is 1. The predicted octanol–water partition coefficient (Wildman–Crippen LogP) is 2.01. The average molecular weight is 250 g/mol. The molecule has 1 aromatic heterocycles. The lowest BCUT2D eigenvalue weighted by Crippen LogP contribution is -2.22. The Morgan fingerprint density at radius 1 is 1.39 bits per heavy atom. The van der Waals surface area contributed by atoms with Crippen LogP contribution in [-0.2, 0) is 11.2 Å². The van der Waals surface area contributed by atoms with Gasteiger partial charge in [0.2, 0.25) is 0 Å². The van der Waals surface area contributed by atoms with E-state index in [4.69, 9.17) is 10.5 Å². The number of aromatic nitrogens is 1. The van der Waals surface area contributed by atoms with Crippen molar-refractivity contribution in [1.29, 1.82) is 0 Å². The normalized spacial score (nSPS) is 24.1. The van der Waals surface area contributed by atoms with Crippen LogP contribution in [0.15, 0.2) is 11.0 Å². The van der Waals surface area contributed by atoms with Crippen LogP contribution in [0.5, 0.6) is 0 Å². The molecule has 1 fully saturated rings. The first-order valence-corrected chi connectivity index (χ1v) is 6.61. The Morgan fingerprint density at radius 3 is 2.67 bits per heavy atom. The number of anilines is 1. The van der Waals surface area contributed by atoms with Gasteiger partial charge in [0.05, 0.1) is 6.10 Å². The van der Waals surface area contributed by atoms with Crippen LogP contribution >= 0.6 is 0 Å². The third kappa shape index (κ3) is 2.75. The number of rotatable bonds is 3. The Kier molecular flexibility index (Phi) is 4.07. The first-order valence-electron chi connectivity index (χ1n) is 6.61. The van der Waals surface area contributed by atoms with E-state index >= 15 is 0 Å². The van der Waals surface area contributed by atoms with Gasteiger partial charge in [0.15, 0.2) is 0 Å². The third-order valence-electron chi connectivity index (χ3n) is 4.14. The molecule has 0 aromatic carbocycles. The van der Waals surface area contributed by atoms with Crippen molar-refractivity contribution >= 4 is 5.69 Å². The number of nitrogens with one attached hydrogen (secondary N) is 1. The van der Waals surface area contributed by atoms with Gasteiger partial charge in [-0.1, -0.05) is 0 Å². The zero-order chi connectivity index (χ0) is 13.1. The van der Waals surface area contributed by atoms with E-state index in [-0.39, 0.29) is 5.56 Å². The second-order valence-electron chi connectivity index (χ2n) is 5.26. The summed E-state index contributed by atoms with van der Waals surface area (Å²) in [5.41, 5.74) is 8.06. The Bertz CT molecular complexity index is 459. The summed E-state index contributed by atoms with van der Waals surface area (Å²) in [4.78, 5) is 14.1. The summed E-state index contributed by atoms with van der Waals surface area (Å²) >= 11 is 0. The lowest BCUT2D eigenvalue weighted by Gasteiger charge is -2.28. The predicted molar refractivity (Wildman–Crippen MR) is 72.7 cm³/mol. The molecule has 0 unspecified atom stereocenters. The lowest BCUT2D eigenvalue weighted by molar-refractivity contribution is 0.0568. The molecule has 1 aliphatic carbocycles. The van der Waals surface area contributed by atoms with E-state index in [1.165, 1.54) is 18.4 Å². The average Bonchev–Trinajstić information content (AvgIpc) is 2.40. The van der Waals surface area contributed by atoms with Gasteiger partial charge in [-0.3, -0.25) is 4.79 Å². The monoisotopic (exact) mass is 250 g/mol. The highest BCUT2D eigenvalue weighted by Crippen LogP contribution is 2.29. The van der Waals surface area contributed by atoms with Gasteiger partial charge >= 0.3 is 0 Å². The Morgan fingerprint density at radius 2 is 2.06 bits per heavy atom. The van der Waals surface area contributed by atoms with Crippen LogP contribution in [-0.4, -0.2) is 18.2 Å². The van der Waals surface area contributed by atoms with Gasteiger partial charge in [0.1, 0.15) is 5.69 Å². The van der Waals surface area contributed by atoms with Crippen LogP contribution in [0.25, 0.3) is 0 Å². The molecule has 1 aliphatic rings. The Hall–Kier alpha value is -1.29. The summed E-state index contributed by atoms with van der Waals surface area (Å²) in [6.45, 7) is 1.93. The fraction of sp³-hybridized carbons (Fsp3) is 0.643. The van der Waals surface area contributed by atoms with Gasteiger partial charge in [-0.2, -0.15) is 0 Å².